The lowest BCUT2D eigenvalue weighted by Gasteiger charge is -2.20. The van der Waals surface area contributed by atoms with Gasteiger partial charge in [-0.05, 0) is 92.3 Å². The second kappa shape index (κ2) is 10.1. The van der Waals surface area contributed by atoms with Crippen molar-refractivity contribution in [3.8, 4) is 5.75 Å². The van der Waals surface area contributed by atoms with E-state index >= 15 is 0 Å². The molecule has 2 aromatic rings. The fourth-order valence-corrected chi connectivity index (χ4v) is 4.81. The van der Waals surface area contributed by atoms with Crippen LogP contribution in [0.3, 0.4) is 0 Å². The molecule has 0 amide bonds. The number of methoxy groups -OCH3 is 1. The predicted octanol–water partition coefficient (Wildman–Crippen LogP) is 4.37. The molecule has 0 unspecified atom stereocenters. The highest BCUT2D eigenvalue weighted by atomic mass is 32.2. The normalized spacial score (nSPS) is 16.3. The van der Waals surface area contributed by atoms with Crippen molar-refractivity contribution >= 4 is 35.6 Å². The van der Waals surface area contributed by atoms with Crippen LogP contribution < -0.4 is 26.2 Å². The molecule has 0 spiro atoms. The van der Waals surface area contributed by atoms with Gasteiger partial charge >= 0.3 is 5.97 Å². The largest absolute Gasteiger partial charge is 0.488 e. The highest BCUT2D eigenvalue weighted by molar-refractivity contribution is 8.00. The van der Waals surface area contributed by atoms with Crippen LogP contribution in [0.5, 0.6) is 5.75 Å². The molecule has 2 aromatic carbocycles. The summed E-state index contributed by atoms with van der Waals surface area (Å²) in [6, 6.07) is 11.4. The standard InChI is InChI=1S/C23H29N5O3S/c1-30-23(29)16-8-10-19(15-6-7-15)22(12-16)32-27-20-13-17(28(25)14-26-24)9-11-21(20)31-18-4-2-3-5-18/h8-15,18,27H,2-7,24-25H2,1H3/b26-14-. The van der Waals surface area contributed by atoms with Crippen LogP contribution in [0.2, 0.25) is 0 Å². The van der Waals surface area contributed by atoms with Crippen molar-refractivity contribution in [2.75, 3.05) is 16.8 Å². The molecule has 0 heterocycles. The Labute approximate surface area is 192 Å². The first-order valence-electron chi connectivity index (χ1n) is 10.8. The average Bonchev–Trinajstić information content (AvgIpc) is 3.53. The van der Waals surface area contributed by atoms with E-state index < -0.39 is 0 Å². The molecule has 5 N–H and O–H groups in total. The second-order valence-electron chi connectivity index (χ2n) is 8.10. The lowest BCUT2D eigenvalue weighted by Crippen LogP contribution is -2.29. The highest BCUT2D eigenvalue weighted by Crippen LogP contribution is 2.45. The van der Waals surface area contributed by atoms with Gasteiger partial charge in [-0.15, -0.1) is 0 Å². The van der Waals surface area contributed by atoms with E-state index in [4.69, 9.17) is 21.2 Å². The minimum absolute atomic E-state index is 0.218. The molecule has 32 heavy (non-hydrogen) atoms. The Morgan fingerprint density at radius 1 is 1.19 bits per heavy atom. The first-order chi connectivity index (χ1) is 15.6. The Morgan fingerprint density at radius 2 is 1.97 bits per heavy atom. The summed E-state index contributed by atoms with van der Waals surface area (Å²) >= 11 is 1.46. The van der Waals surface area contributed by atoms with E-state index in [1.54, 1.807) is 0 Å². The van der Waals surface area contributed by atoms with Gasteiger partial charge in [-0.25, -0.2) is 10.6 Å². The Hall–Kier alpha value is -2.91. The first-order valence-corrected chi connectivity index (χ1v) is 11.6. The van der Waals surface area contributed by atoms with Crippen molar-refractivity contribution in [2.45, 2.75) is 55.4 Å². The van der Waals surface area contributed by atoms with Crippen LogP contribution in [-0.4, -0.2) is 25.5 Å². The number of hydrazone groups is 1. The number of carbonyl (C=O) groups excluding carboxylic acids is 1. The third kappa shape index (κ3) is 5.28. The Bertz CT molecular complexity index is 990. The van der Waals surface area contributed by atoms with Crippen LogP contribution in [0, 0.1) is 0 Å². The quantitative estimate of drug-likeness (QED) is 0.127. The van der Waals surface area contributed by atoms with Crippen LogP contribution in [0.15, 0.2) is 46.4 Å². The van der Waals surface area contributed by atoms with Gasteiger partial charge in [0.15, 0.2) is 0 Å². The molecule has 0 atom stereocenters. The molecular formula is C23H29N5O3S. The van der Waals surface area contributed by atoms with E-state index in [1.807, 2.05) is 36.4 Å². The number of anilines is 2. The van der Waals surface area contributed by atoms with E-state index in [-0.39, 0.29) is 12.1 Å². The summed E-state index contributed by atoms with van der Waals surface area (Å²) in [6.45, 7) is 0. The Kier molecular flexibility index (Phi) is 7.06. The second-order valence-corrected chi connectivity index (χ2v) is 8.95. The number of hydrogen-bond acceptors (Lipinski definition) is 8. The van der Waals surface area contributed by atoms with Crippen molar-refractivity contribution in [3.05, 3.63) is 47.5 Å². The van der Waals surface area contributed by atoms with Crippen LogP contribution >= 0.6 is 11.9 Å². The number of carbonyl (C=O) groups is 1. The zero-order chi connectivity index (χ0) is 22.5. The number of benzene rings is 2. The summed E-state index contributed by atoms with van der Waals surface area (Å²) in [6.07, 6.45) is 8.39. The van der Waals surface area contributed by atoms with Gasteiger partial charge in [0.25, 0.3) is 0 Å². The molecule has 0 aliphatic heterocycles. The lowest BCUT2D eigenvalue weighted by molar-refractivity contribution is 0.0600. The molecule has 9 heteroatoms. The highest BCUT2D eigenvalue weighted by Gasteiger charge is 2.27. The molecular weight excluding hydrogens is 426 g/mol. The van der Waals surface area contributed by atoms with Gasteiger partial charge in [-0.2, -0.15) is 5.10 Å². The molecule has 4 rings (SSSR count). The number of hydrazine groups is 1. The number of esters is 1. The molecule has 0 saturated heterocycles. The minimum Gasteiger partial charge on any atom is -0.488 e. The summed E-state index contributed by atoms with van der Waals surface area (Å²) < 4.78 is 14.6. The summed E-state index contributed by atoms with van der Waals surface area (Å²) in [4.78, 5) is 13.1. The maximum atomic E-state index is 12.1. The fourth-order valence-electron chi connectivity index (χ4n) is 3.89. The zero-order valence-corrected chi connectivity index (χ0v) is 18.9. The molecule has 0 bridgehead atoms. The number of nitrogens with two attached hydrogens (primary N) is 2. The van der Waals surface area contributed by atoms with Crippen molar-refractivity contribution in [3.63, 3.8) is 0 Å². The van der Waals surface area contributed by atoms with Crippen LogP contribution in [0.1, 0.15) is 60.4 Å². The third-order valence-electron chi connectivity index (χ3n) is 5.77. The molecule has 2 aliphatic carbocycles. The van der Waals surface area contributed by atoms with Crippen molar-refractivity contribution < 1.29 is 14.3 Å². The van der Waals surface area contributed by atoms with Crippen LogP contribution in [0.25, 0.3) is 0 Å². The third-order valence-corrected chi connectivity index (χ3v) is 6.67. The summed E-state index contributed by atoms with van der Waals surface area (Å²) in [5, 5.41) is 4.84. The predicted molar refractivity (Wildman–Crippen MR) is 128 cm³/mol. The molecule has 8 nitrogen and oxygen atoms in total. The monoisotopic (exact) mass is 455 g/mol. The van der Waals surface area contributed by atoms with Gasteiger partial charge in [-0.1, -0.05) is 6.07 Å². The maximum Gasteiger partial charge on any atom is 0.337 e. The van der Waals surface area contributed by atoms with Crippen molar-refractivity contribution in [1.29, 1.82) is 0 Å². The smallest absolute Gasteiger partial charge is 0.337 e. The molecule has 170 valence electrons. The number of rotatable bonds is 9. The number of ether oxygens (including phenoxy) is 2. The average molecular weight is 456 g/mol. The van der Waals surface area contributed by atoms with E-state index in [1.165, 1.54) is 48.8 Å². The van der Waals surface area contributed by atoms with Gasteiger partial charge in [0.05, 0.1) is 30.2 Å². The van der Waals surface area contributed by atoms with E-state index in [0.29, 0.717) is 17.2 Å². The fraction of sp³-hybridized carbons (Fsp3) is 0.391. The summed E-state index contributed by atoms with van der Waals surface area (Å²) in [5.74, 6) is 12.2. The molecule has 2 saturated carbocycles. The maximum absolute atomic E-state index is 12.1. The number of nitrogens with zero attached hydrogens (tertiary/aromatic N) is 2. The van der Waals surface area contributed by atoms with Gasteiger partial charge in [0.2, 0.25) is 0 Å². The van der Waals surface area contributed by atoms with E-state index in [0.717, 1.165) is 42.0 Å². The van der Waals surface area contributed by atoms with Crippen molar-refractivity contribution in [2.24, 2.45) is 16.8 Å². The Balaban J connectivity index is 1.60. The zero-order valence-electron chi connectivity index (χ0n) is 18.1. The SMILES string of the molecule is COC(=O)c1ccc(C2CC2)c(SNc2cc(N(N)/C=N\N)ccc2OC2CCCC2)c1. The summed E-state index contributed by atoms with van der Waals surface area (Å²) in [7, 11) is 1.39. The first kappa shape index (κ1) is 22.3. The van der Waals surface area contributed by atoms with Crippen molar-refractivity contribution in [1.82, 2.24) is 0 Å². The van der Waals surface area contributed by atoms with Gasteiger partial charge in [-0.3, -0.25) is 5.01 Å². The van der Waals surface area contributed by atoms with E-state index in [9.17, 15) is 4.79 Å². The Morgan fingerprint density at radius 3 is 2.66 bits per heavy atom. The molecule has 2 fully saturated rings. The van der Waals surface area contributed by atoms with Gasteiger partial charge < -0.3 is 20.0 Å². The molecule has 0 radical (unpaired) electrons. The summed E-state index contributed by atoms with van der Waals surface area (Å²) in [5.41, 5.74) is 3.28. The molecule has 2 aliphatic rings. The topological polar surface area (TPSA) is 115 Å². The van der Waals surface area contributed by atoms with Crippen LogP contribution in [-0.2, 0) is 4.74 Å². The van der Waals surface area contributed by atoms with Gasteiger partial charge in [0, 0.05) is 4.90 Å². The van der Waals surface area contributed by atoms with E-state index in [2.05, 4.69) is 9.82 Å². The van der Waals surface area contributed by atoms with Gasteiger partial charge in [0.1, 0.15) is 12.1 Å². The number of hydrogen-bond donors (Lipinski definition) is 3. The number of nitrogens with one attached hydrogen (secondary N) is 1. The molecule has 0 aromatic heterocycles. The lowest BCUT2D eigenvalue weighted by atomic mass is 10.1. The minimum atomic E-state index is -0.346. The van der Waals surface area contributed by atoms with Crippen LogP contribution in [0.4, 0.5) is 11.4 Å².